The van der Waals surface area contributed by atoms with Crippen LogP contribution in [0.1, 0.15) is 18.5 Å². The Morgan fingerprint density at radius 2 is 1.76 bits per heavy atom. The fourth-order valence-corrected chi connectivity index (χ4v) is 4.23. The molecule has 1 aliphatic rings. The van der Waals surface area contributed by atoms with Crippen LogP contribution in [0.15, 0.2) is 53.5 Å². The molecule has 0 aliphatic carbocycles. The Labute approximate surface area is 213 Å². The van der Waals surface area contributed by atoms with Gasteiger partial charge in [-0.3, -0.25) is 4.99 Å². The van der Waals surface area contributed by atoms with Crippen LogP contribution in [0.3, 0.4) is 0 Å². The molecule has 2 aromatic carbocycles. The van der Waals surface area contributed by atoms with Crippen molar-refractivity contribution in [2.24, 2.45) is 4.99 Å². The van der Waals surface area contributed by atoms with E-state index in [0.29, 0.717) is 6.04 Å². The first-order valence-electron chi connectivity index (χ1n) is 11.2. The molecule has 178 valence electrons. The summed E-state index contributed by atoms with van der Waals surface area (Å²) in [6.07, 6.45) is 3.01. The molecule has 0 amide bonds. The van der Waals surface area contributed by atoms with Gasteiger partial charge >= 0.3 is 0 Å². The Balaban J connectivity index is 0.00000306. The van der Waals surface area contributed by atoms with Crippen molar-refractivity contribution in [3.8, 4) is 11.5 Å². The Morgan fingerprint density at radius 1 is 1.06 bits per heavy atom. The number of fused-ring (bicyclic) bond motifs is 1. The van der Waals surface area contributed by atoms with Gasteiger partial charge < -0.3 is 30.0 Å². The molecule has 0 radical (unpaired) electrons. The van der Waals surface area contributed by atoms with Gasteiger partial charge in [0.15, 0.2) is 5.96 Å². The van der Waals surface area contributed by atoms with Gasteiger partial charge in [-0.15, -0.1) is 24.0 Å². The number of nitrogens with zero attached hydrogens (tertiary/aromatic N) is 2. The molecule has 3 N–H and O–H groups in total. The van der Waals surface area contributed by atoms with Crippen molar-refractivity contribution >= 4 is 46.5 Å². The van der Waals surface area contributed by atoms with E-state index in [0.717, 1.165) is 62.0 Å². The van der Waals surface area contributed by atoms with Gasteiger partial charge in [-0.2, -0.15) is 0 Å². The Morgan fingerprint density at radius 3 is 2.39 bits per heavy atom. The second kappa shape index (κ2) is 12.0. The SMILES string of the molecule is CN=C(NCCc1cc2ccccc2[nH]1)NC1CCN(c2cc(OC)cc(OC)c2)CC1.I. The maximum Gasteiger partial charge on any atom is 0.191 e. The van der Waals surface area contributed by atoms with Crippen molar-refractivity contribution in [3.05, 3.63) is 54.2 Å². The number of hydrogen-bond donors (Lipinski definition) is 3. The molecule has 8 heteroatoms. The number of piperidine rings is 1. The van der Waals surface area contributed by atoms with Crippen LogP contribution < -0.4 is 25.0 Å². The number of aromatic nitrogens is 1. The predicted octanol–water partition coefficient (Wildman–Crippen LogP) is 4.18. The van der Waals surface area contributed by atoms with Crippen LogP contribution in [-0.2, 0) is 6.42 Å². The first kappa shape index (κ1) is 25.0. The molecule has 0 saturated carbocycles. The van der Waals surface area contributed by atoms with Gasteiger partial charge in [0.2, 0.25) is 0 Å². The van der Waals surface area contributed by atoms with E-state index in [-0.39, 0.29) is 24.0 Å². The lowest BCUT2D eigenvalue weighted by atomic mass is 10.0. The molecule has 2 heterocycles. The second-order valence-electron chi connectivity index (χ2n) is 8.11. The van der Waals surface area contributed by atoms with Crippen molar-refractivity contribution in [1.82, 2.24) is 15.6 Å². The molecule has 3 aromatic rings. The first-order valence-corrected chi connectivity index (χ1v) is 11.2. The summed E-state index contributed by atoms with van der Waals surface area (Å²) >= 11 is 0. The molecule has 1 aromatic heterocycles. The van der Waals surface area contributed by atoms with Crippen LogP contribution in [0.2, 0.25) is 0 Å². The summed E-state index contributed by atoms with van der Waals surface area (Å²) in [7, 11) is 5.20. The van der Waals surface area contributed by atoms with E-state index in [1.807, 2.05) is 13.1 Å². The average Bonchev–Trinajstić information content (AvgIpc) is 3.26. The molecule has 4 rings (SSSR count). The van der Waals surface area contributed by atoms with Gasteiger partial charge in [0.1, 0.15) is 11.5 Å². The number of methoxy groups -OCH3 is 2. The van der Waals surface area contributed by atoms with Gasteiger partial charge in [-0.05, 0) is 30.4 Å². The molecule has 0 spiro atoms. The van der Waals surface area contributed by atoms with E-state index in [1.165, 1.54) is 16.6 Å². The minimum Gasteiger partial charge on any atom is -0.497 e. The van der Waals surface area contributed by atoms with Crippen LogP contribution in [-0.4, -0.2) is 57.9 Å². The van der Waals surface area contributed by atoms with Gasteiger partial charge in [-0.25, -0.2) is 0 Å². The largest absolute Gasteiger partial charge is 0.497 e. The number of nitrogens with one attached hydrogen (secondary N) is 3. The number of rotatable bonds is 7. The van der Waals surface area contributed by atoms with Gasteiger partial charge in [0, 0.05) is 74.2 Å². The third kappa shape index (κ3) is 6.46. The number of para-hydroxylation sites is 1. The van der Waals surface area contributed by atoms with Crippen molar-refractivity contribution < 1.29 is 9.47 Å². The minimum absolute atomic E-state index is 0. The van der Waals surface area contributed by atoms with E-state index in [2.05, 4.69) is 68.0 Å². The number of anilines is 1. The molecule has 1 aliphatic heterocycles. The van der Waals surface area contributed by atoms with Gasteiger partial charge in [-0.1, -0.05) is 18.2 Å². The maximum absolute atomic E-state index is 5.42. The number of halogens is 1. The highest BCUT2D eigenvalue weighted by atomic mass is 127. The number of hydrogen-bond acceptors (Lipinski definition) is 4. The molecule has 1 fully saturated rings. The standard InChI is InChI=1S/C25H33N5O2.HI/c1-26-25(27-11-8-20-14-18-6-4-5-7-24(18)28-20)29-19-9-12-30(13-10-19)21-15-22(31-2)17-23(16-21)32-3;/h4-7,14-17,19,28H,8-13H2,1-3H3,(H2,26,27,29);1H. The topological polar surface area (TPSA) is 73.9 Å². The van der Waals surface area contributed by atoms with Crippen molar-refractivity contribution in [2.75, 3.05) is 45.8 Å². The Hall–Kier alpha value is -2.62. The lowest BCUT2D eigenvalue weighted by molar-refractivity contribution is 0.393. The Kier molecular flexibility index (Phi) is 9.11. The first-order chi connectivity index (χ1) is 15.7. The Bertz CT molecular complexity index is 1000. The molecule has 0 atom stereocenters. The molecule has 33 heavy (non-hydrogen) atoms. The summed E-state index contributed by atoms with van der Waals surface area (Å²) in [5, 5.41) is 8.30. The smallest absolute Gasteiger partial charge is 0.191 e. The third-order valence-electron chi connectivity index (χ3n) is 6.03. The van der Waals surface area contributed by atoms with Crippen LogP contribution in [0.5, 0.6) is 11.5 Å². The summed E-state index contributed by atoms with van der Waals surface area (Å²) in [5.41, 5.74) is 3.56. The van der Waals surface area contributed by atoms with E-state index < -0.39 is 0 Å². The third-order valence-corrected chi connectivity index (χ3v) is 6.03. The quantitative estimate of drug-likeness (QED) is 0.229. The summed E-state index contributed by atoms with van der Waals surface area (Å²) < 4.78 is 10.8. The maximum atomic E-state index is 5.42. The zero-order valence-corrected chi connectivity index (χ0v) is 21.9. The van der Waals surface area contributed by atoms with Gasteiger partial charge in [0.25, 0.3) is 0 Å². The van der Waals surface area contributed by atoms with E-state index in [1.54, 1.807) is 14.2 Å². The molecule has 1 saturated heterocycles. The van der Waals surface area contributed by atoms with E-state index in [9.17, 15) is 0 Å². The fraction of sp³-hybridized carbons (Fsp3) is 0.400. The normalized spacial score (nSPS) is 14.6. The van der Waals surface area contributed by atoms with Crippen LogP contribution in [0.25, 0.3) is 10.9 Å². The number of guanidine groups is 1. The lowest BCUT2D eigenvalue weighted by Crippen LogP contribution is -2.49. The van der Waals surface area contributed by atoms with Crippen LogP contribution in [0, 0.1) is 0 Å². The zero-order valence-electron chi connectivity index (χ0n) is 19.6. The highest BCUT2D eigenvalue weighted by Gasteiger charge is 2.21. The van der Waals surface area contributed by atoms with Crippen molar-refractivity contribution in [3.63, 3.8) is 0 Å². The lowest BCUT2D eigenvalue weighted by Gasteiger charge is -2.34. The minimum atomic E-state index is 0. The van der Waals surface area contributed by atoms with E-state index in [4.69, 9.17) is 9.47 Å². The average molecular weight is 563 g/mol. The summed E-state index contributed by atoms with van der Waals surface area (Å²) in [5.74, 6) is 2.50. The molecule has 0 bridgehead atoms. The van der Waals surface area contributed by atoms with Crippen molar-refractivity contribution in [1.29, 1.82) is 0 Å². The highest BCUT2D eigenvalue weighted by molar-refractivity contribution is 14.0. The number of aliphatic imine (C=N–C) groups is 1. The highest BCUT2D eigenvalue weighted by Crippen LogP contribution is 2.30. The predicted molar refractivity (Wildman–Crippen MR) is 147 cm³/mol. The molecule has 0 unspecified atom stereocenters. The zero-order chi connectivity index (χ0) is 22.3. The summed E-state index contributed by atoms with van der Waals surface area (Å²) in [6, 6.07) is 17.0. The number of aromatic amines is 1. The second-order valence-corrected chi connectivity index (χ2v) is 8.11. The summed E-state index contributed by atoms with van der Waals surface area (Å²) in [6.45, 7) is 2.77. The van der Waals surface area contributed by atoms with E-state index >= 15 is 0 Å². The number of benzene rings is 2. The summed E-state index contributed by atoms with van der Waals surface area (Å²) in [4.78, 5) is 10.3. The van der Waals surface area contributed by atoms with Crippen molar-refractivity contribution in [2.45, 2.75) is 25.3 Å². The number of ether oxygens (including phenoxy) is 2. The molecular weight excluding hydrogens is 529 g/mol. The van der Waals surface area contributed by atoms with Crippen LogP contribution in [0.4, 0.5) is 5.69 Å². The van der Waals surface area contributed by atoms with Gasteiger partial charge in [0.05, 0.1) is 14.2 Å². The van der Waals surface area contributed by atoms with Crippen LogP contribution >= 0.6 is 24.0 Å². The molecule has 7 nitrogen and oxygen atoms in total. The molecular formula is C25H34IN5O2. The fourth-order valence-electron chi connectivity index (χ4n) is 4.23. The number of H-pyrrole nitrogens is 1. The monoisotopic (exact) mass is 563 g/mol.